The Labute approximate surface area is 71.9 Å². The van der Waals surface area contributed by atoms with E-state index in [1.54, 1.807) is 0 Å². The maximum Gasteiger partial charge on any atom is 0.335 e. The normalized spacial score (nSPS) is 12.7. The summed E-state index contributed by atoms with van der Waals surface area (Å²) in [6, 6.07) is 0. The molecule has 0 spiro atoms. The topological polar surface area (TPSA) is 159 Å². The number of aliphatic carboxylic acids is 2. The van der Waals surface area contributed by atoms with Gasteiger partial charge in [-0.15, -0.1) is 0 Å². The summed E-state index contributed by atoms with van der Waals surface area (Å²) < 4.78 is 0. The van der Waals surface area contributed by atoms with Gasteiger partial charge in [-0.1, -0.05) is 0 Å². The molecule has 0 aliphatic carbocycles. The number of rotatable bonds is 3. The van der Waals surface area contributed by atoms with E-state index in [0.717, 1.165) is 6.26 Å². The lowest BCUT2D eigenvalue weighted by Crippen LogP contribution is -2.39. The summed E-state index contributed by atoms with van der Waals surface area (Å²) in [6.07, 6.45) is -3.78. The average molecular weight is 193 g/mol. The lowest BCUT2D eigenvalue weighted by atomic mass is 10.2. The molecule has 0 saturated heterocycles. The summed E-state index contributed by atoms with van der Waals surface area (Å²) in [7, 11) is 0. The molecule has 8 nitrogen and oxygen atoms in total. The number of carboxylic acid groups (broad SMARTS) is 2. The SMILES string of the molecule is N#CO.O=C(O)C(O)C(O)C(=O)O. The van der Waals surface area contributed by atoms with Crippen molar-refractivity contribution >= 4 is 11.9 Å². The van der Waals surface area contributed by atoms with Crippen molar-refractivity contribution in [1.29, 1.82) is 5.26 Å². The minimum absolute atomic E-state index is 0.750. The van der Waals surface area contributed by atoms with Crippen molar-refractivity contribution in [2.24, 2.45) is 0 Å². The van der Waals surface area contributed by atoms with Gasteiger partial charge in [0.15, 0.2) is 12.2 Å². The maximum absolute atomic E-state index is 9.77. The number of nitrogens with zero attached hydrogens (tertiary/aromatic N) is 1. The van der Waals surface area contributed by atoms with Crippen LogP contribution in [0.1, 0.15) is 0 Å². The summed E-state index contributed by atoms with van der Waals surface area (Å²) in [4.78, 5) is 19.5. The lowest BCUT2D eigenvalue weighted by Gasteiger charge is -2.07. The van der Waals surface area contributed by atoms with Crippen molar-refractivity contribution in [2.45, 2.75) is 12.2 Å². The highest BCUT2D eigenvalue weighted by atomic mass is 16.4. The molecule has 2 unspecified atom stereocenters. The van der Waals surface area contributed by atoms with Crippen molar-refractivity contribution in [1.82, 2.24) is 0 Å². The molecule has 0 aromatic rings. The fourth-order valence-corrected chi connectivity index (χ4v) is 0.270. The Morgan fingerprint density at radius 3 is 1.31 bits per heavy atom. The van der Waals surface area contributed by atoms with E-state index in [1.807, 2.05) is 0 Å². The van der Waals surface area contributed by atoms with Crippen LogP contribution in [0.25, 0.3) is 0 Å². The van der Waals surface area contributed by atoms with E-state index in [0.29, 0.717) is 0 Å². The van der Waals surface area contributed by atoms with Crippen molar-refractivity contribution in [3.8, 4) is 6.26 Å². The van der Waals surface area contributed by atoms with Crippen LogP contribution in [0.2, 0.25) is 0 Å². The van der Waals surface area contributed by atoms with E-state index in [2.05, 4.69) is 0 Å². The van der Waals surface area contributed by atoms with Crippen LogP contribution in [0.4, 0.5) is 0 Å². The highest BCUT2D eigenvalue weighted by molar-refractivity contribution is 5.82. The molecular formula is C5H7NO7. The largest absolute Gasteiger partial charge is 0.479 e. The molecule has 0 rings (SSSR count). The van der Waals surface area contributed by atoms with Gasteiger partial charge in [-0.05, 0) is 0 Å². The Balaban J connectivity index is 0. The molecule has 0 bridgehead atoms. The molecule has 0 fully saturated rings. The molecule has 5 N–H and O–H groups in total. The average Bonchev–Trinajstić information content (AvgIpc) is 2.03. The van der Waals surface area contributed by atoms with Gasteiger partial charge in [0, 0.05) is 0 Å². The maximum atomic E-state index is 9.77. The zero-order valence-corrected chi connectivity index (χ0v) is 6.15. The van der Waals surface area contributed by atoms with Crippen LogP contribution >= 0.6 is 0 Å². The van der Waals surface area contributed by atoms with Crippen LogP contribution in [0.5, 0.6) is 0 Å². The lowest BCUT2D eigenvalue weighted by molar-refractivity contribution is -0.165. The number of hydrogen-bond acceptors (Lipinski definition) is 6. The molecule has 74 valence electrons. The molecular weight excluding hydrogens is 186 g/mol. The molecule has 0 amide bonds. The standard InChI is InChI=1S/C4H6O6.CHNO/c5-1(3(7)8)2(6)4(9)10;2-1-3/h1-2,5-6H,(H,7,8)(H,9,10);3H. The van der Waals surface area contributed by atoms with E-state index in [1.165, 1.54) is 0 Å². The predicted molar refractivity (Wildman–Crippen MR) is 34.8 cm³/mol. The number of aliphatic hydroxyl groups excluding tert-OH is 3. The van der Waals surface area contributed by atoms with E-state index in [9.17, 15) is 9.59 Å². The smallest absolute Gasteiger partial charge is 0.335 e. The first-order chi connectivity index (χ1) is 5.88. The van der Waals surface area contributed by atoms with Crippen molar-refractivity contribution in [2.75, 3.05) is 0 Å². The Bertz CT molecular complexity index is 201. The highest BCUT2D eigenvalue weighted by Gasteiger charge is 2.29. The molecule has 8 heteroatoms. The van der Waals surface area contributed by atoms with E-state index in [4.69, 9.17) is 30.8 Å². The number of carbonyl (C=O) groups is 2. The molecule has 0 aromatic carbocycles. The summed E-state index contributed by atoms with van der Waals surface area (Å²) in [5, 5.41) is 46.3. The van der Waals surface area contributed by atoms with Crippen LogP contribution in [-0.2, 0) is 9.59 Å². The van der Waals surface area contributed by atoms with Crippen LogP contribution < -0.4 is 0 Å². The molecule has 0 aliphatic rings. The first-order valence-electron chi connectivity index (χ1n) is 2.73. The molecule has 0 aromatic heterocycles. The number of hydrogen-bond donors (Lipinski definition) is 5. The molecule has 0 aliphatic heterocycles. The van der Waals surface area contributed by atoms with Gasteiger partial charge in [0.2, 0.25) is 0 Å². The second-order valence-corrected chi connectivity index (χ2v) is 1.67. The van der Waals surface area contributed by atoms with Gasteiger partial charge in [0.1, 0.15) is 0 Å². The molecule has 13 heavy (non-hydrogen) atoms. The van der Waals surface area contributed by atoms with Crippen LogP contribution in [0.15, 0.2) is 0 Å². The Morgan fingerprint density at radius 1 is 1.08 bits per heavy atom. The van der Waals surface area contributed by atoms with Gasteiger partial charge >= 0.3 is 11.9 Å². The monoisotopic (exact) mass is 193 g/mol. The van der Waals surface area contributed by atoms with E-state index in [-0.39, 0.29) is 0 Å². The first-order valence-corrected chi connectivity index (χ1v) is 2.73. The second-order valence-electron chi connectivity index (χ2n) is 1.67. The van der Waals surface area contributed by atoms with Crippen LogP contribution in [-0.4, -0.2) is 49.7 Å². The Morgan fingerprint density at radius 2 is 1.23 bits per heavy atom. The molecule has 0 saturated carbocycles. The number of aliphatic hydroxyl groups is 3. The van der Waals surface area contributed by atoms with Crippen molar-refractivity contribution < 1.29 is 35.1 Å². The summed E-state index contributed by atoms with van der Waals surface area (Å²) in [5.41, 5.74) is 0. The third-order valence-electron chi connectivity index (χ3n) is 0.805. The van der Waals surface area contributed by atoms with Crippen LogP contribution in [0, 0.1) is 11.5 Å². The van der Waals surface area contributed by atoms with Gasteiger partial charge < -0.3 is 25.5 Å². The number of carboxylic acids is 2. The Hall–Kier alpha value is -1.85. The summed E-state index contributed by atoms with van der Waals surface area (Å²) in [5.74, 6) is -3.54. The van der Waals surface area contributed by atoms with Gasteiger partial charge in [0.25, 0.3) is 6.26 Å². The summed E-state index contributed by atoms with van der Waals surface area (Å²) in [6.45, 7) is 0. The Kier molecular flexibility index (Phi) is 7.21. The minimum Gasteiger partial charge on any atom is -0.479 e. The first kappa shape index (κ1) is 13.7. The molecule has 0 heterocycles. The second kappa shape index (κ2) is 6.84. The fraction of sp³-hybridized carbons (Fsp3) is 0.400. The number of nitriles is 1. The minimum atomic E-state index is -2.27. The molecule has 2 atom stereocenters. The fourth-order valence-electron chi connectivity index (χ4n) is 0.270. The van der Waals surface area contributed by atoms with Crippen molar-refractivity contribution in [3.05, 3.63) is 0 Å². The highest BCUT2D eigenvalue weighted by Crippen LogP contribution is 1.92. The van der Waals surface area contributed by atoms with E-state index >= 15 is 0 Å². The van der Waals surface area contributed by atoms with Gasteiger partial charge in [-0.25, -0.2) is 9.59 Å². The predicted octanol–water partition coefficient (Wildman–Crippen LogP) is -2.28. The van der Waals surface area contributed by atoms with Gasteiger partial charge in [-0.3, -0.25) is 0 Å². The molecule has 0 radical (unpaired) electrons. The summed E-state index contributed by atoms with van der Waals surface area (Å²) >= 11 is 0. The zero-order valence-electron chi connectivity index (χ0n) is 6.15. The van der Waals surface area contributed by atoms with Crippen LogP contribution in [0.3, 0.4) is 0 Å². The zero-order chi connectivity index (χ0) is 11.0. The quantitative estimate of drug-likeness (QED) is 0.313. The van der Waals surface area contributed by atoms with E-state index < -0.39 is 24.1 Å². The van der Waals surface area contributed by atoms with Gasteiger partial charge in [-0.2, -0.15) is 5.26 Å². The van der Waals surface area contributed by atoms with Crippen molar-refractivity contribution in [3.63, 3.8) is 0 Å². The van der Waals surface area contributed by atoms with Gasteiger partial charge in [0.05, 0.1) is 0 Å². The third kappa shape index (κ3) is 6.54. The third-order valence-corrected chi connectivity index (χ3v) is 0.805.